The molecule has 3 heterocycles. The molecule has 0 radical (unpaired) electrons. The predicted octanol–water partition coefficient (Wildman–Crippen LogP) is 5.64. The molecule has 4 aromatic rings. The molecule has 8 heteroatoms. The molecule has 0 fully saturated rings. The highest BCUT2D eigenvalue weighted by Gasteiger charge is 2.41. The molecular formula is C25H18ClFN4O2. The first-order chi connectivity index (χ1) is 16.1. The average molecular weight is 461 g/mol. The molecule has 6 nitrogen and oxygen atoms in total. The van der Waals surface area contributed by atoms with Crippen LogP contribution >= 0.6 is 11.6 Å². The van der Waals surface area contributed by atoms with Gasteiger partial charge in [0.05, 0.1) is 12.8 Å². The van der Waals surface area contributed by atoms with E-state index in [1.165, 1.54) is 12.4 Å². The number of anilines is 1. The third kappa shape index (κ3) is 3.15. The summed E-state index contributed by atoms with van der Waals surface area (Å²) in [5.41, 5.74) is 3.77. The van der Waals surface area contributed by atoms with Gasteiger partial charge in [-0.05, 0) is 42.0 Å². The van der Waals surface area contributed by atoms with Crippen molar-refractivity contribution in [3.8, 4) is 11.5 Å². The van der Waals surface area contributed by atoms with Crippen LogP contribution in [-0.2, 0) is 0 Å². The Morgan fingerprint density at radius 2 is 1.91 bits per heavy atom. The lowest BCUT2D eigenvalue weighted by Gasteiger charge is -2.39. The van der Waals surface area contributed by atoms with Gasteiger partial charge in [-0.15, -0.1) is 0 Å². The smallest absolute Gasteiger partial charge is 0.226 e. The third-order valence-corrected chi connectivity index (χ3v) is 6.23. The van der Waals surface area contributed by atoms with Gasteiger partial charge in [-0.3, -0.25) is 0 Å². The molecule has 6 rings (SSSR count). The van der Waals surface area contributed by atoms with Crippen molar-refractivity contribution in [2.24, 2.45) is 0 Å². The summed E-state index contributed by atoms with van der Waals surface area (Å²) in [5, 5.41) is 8.43. The molecule has 164 valence electrons. The molecule has 0 saturated heterocycles. The maximum Gasteiger partial charge on any atom is 0.226 e. The number of nitrogens with one attached hydrogen (secondary N) is 1. The highest BCUT2D eigenvalue weighted by molar-refractivity contribution is 6.30. The van der Waals surface area contributed by atoms with Crippen molar-refractivity contribution in [1.82, 2.24) is 14.8 Å². The summed E-state index contributed by atoms with van der Waals surface area (Å²) in [7, 11) is 1.62. The zero-order valence-corrected chi connectivity index (χ0v) is 18.3. The van der Waals surface area contributed by atoms with Crippen LogP contribution in [0.2, 0.25) is 5.02 Å². The molecular weight excluding hydrogens is 443 g/mol. The Morgan fingerprint density at radius 3 is 2.70 bits per heavy atom. The molecule has 0 aliphatic carbocycles. The molecule has 1 N–H and O–H groups in total. The maximum absolute atomic E-state index is 15.0. The van der Waals surface area contributed by atoms with E-state index in [-0.39, 0.29) is 11.9 Å². The fraction of sp³-hybridized carbons (Fsp3) is 0.120. The zero-order chi connectivity index (χ0) is 22.5. The second-order valence-electron chi connectivity index (χ2n) is 7.82. The largest absolute Gasteiger partial charge is 0.497 e. The van der Waals surface area contributed by atoms with Crippen LogP contribution in [0.1, 0.15) is 28.8 Å². The van der Waals surface area contributed by atoms with Gasteiger partial charge in [-0.2, -0.15) is 10.1 Å². The summed E-state index contributed by atoms with van der Waals surface area (Å²) in [6.07, 6.45) is 0.807. The summed E-state index contributed by atoms with van der Waals surface area (Å²) >= 11 is 6.34. The average Bonchev–Trinajstić information content (AvgIpc) is 3.31. The number of ether oxygens (including phenoxy) is 2. The highest BCUT2D eigenvalue weighted by atomic mass is 35.5. The molecule has 0 spiro atoms. The Kier molecular flexibility index (Phi) is 4.58. The van der Waals surface area contributed by atoms with Crippen LogP contribution in [0.3, 0.4) is 0 Å². The summed E-state index contributed by atoms with van der Waals surface area (Å²) in [4.78, 5) is 4.40. The van der Waals surface area contributed by atoms with Crippen molar-refractivity contribution in [3.63, 3.8) is 0 Å². The minimum Gasteiger partial charge on any atom is -0.497 e. The molecule has 2 unspecified atom stereocenters. The number of methoxy groups -OCH3 is 1. The minimum atomic E-state index is -0.688. The fourth-order valence-electron chi connectivity index (χ4n) is 4.49. The predicted molar refractivity (Wildman–Crippen MR) is 123 cm³/mol. The van der Waals surface area contributed by atoms with Gasteiger partial charge in [0.25, 0.3) is 0 Å². The summed E-state index contributed by atoms with van der Waals surface area (Å²) in [6.45, 7) is 0. The van der Waals surface area contributed by atoms with Gasteiger partial charge in [0.1, 0.15) is 29.7 Å². The lowest BCUT2D eigenvalue weighted by molar-refractivity contribution is 0.218. The number of rotatable bonds is 3. The maximum atomic E-state index is 15.0. The van der Waals surface area contributed by atoms with Crippen molar-refractivity contribution >= 4 is 23.2 Å². The first kappa shape index (κ1) is 19.8. The molecule has 2 atom stereocenters. The van der Waals surface area contributed by atoms with Gasteiger partial charge in [-0.1, -0.05) is 41.9 Å². The van der Waals surface area contributed by atoms with E-state index in [1.807, 2.05) is 30.3 Å². The fourth-order valence-corrected chi connectivity index (χ4v) is 4.67. The Labute approximate surface area is 194 Å². The Balaban J connectivity index is 1.63. The number of hydrogen-bond acceptors (Lipinski definition) is 5. The Hall–Kier alpha value is -3.84. The van der Waals surface area contributed by atoms with E-state index < -0.39 is 6.10 Å². The quantitative estimate of drug-likeness (QED) is 0.428. The molecule has 33 heavy (non-hydrogen) atoms. The van der Waals surface area contributed by atoms with Gasteiger partial charge in [0, 0.05) is 21.7 Å². The summed E-state index contributed by atoms with van der Waals surface area (Å²) in [5.74, 6) is 1.59. The standard InChI is InChI=1S/C25H18ClFN4O2/c1-32-16-9-6-14(7-10-16)23-21-22(30-25-28-13-29-31(23)25)18-12-15(26)8-11-20(18)33-24(21)17-4-2-3-5-19(17)27/h2-13,23-24H,1H3,(H,28,29,30). The first-order valence-electron chi connectivity index (χ1n) is 10.4. The molecule has 2 aliphatic heterocycles. The van der Waals surface area contributed by atoms with Crippen LogP contribution in [0.15, 0.2) is 78.6 Å². The molecule has 0 bridgehead atoms. The number of hydrogen-bond donors (Lipinski definition) is 1. The van der Waals surface area contributed by atoms with Crippen molar-refractivity contribution in [2.75, 3.05) is 12.4 Å². The van der Waals surface area contributed by atoms with E-state index in [2.05, 4.69) is 15.4 Å². The summed E-state index contributed by atoms with van der Waals surface area (Å²) in [6, 6.07) is 19.4. The van der Waals surface area contributed by atoms with Crippen molar-refractivity contribution < 1.29 is 13.9 Å². The Morgan fingerprint density at radius 1 is 1.09 bits per heavy atom. The first-order valence-corrected chi connectivity index (χ1v) is 10.8. The number of aromatic nitrogens is 3. The van der Waals surface area contributed by atoms with Crippen LogP contribution in [-0.4, -0.2) is 21.9 Å². The van der Waals surface area contributed by atoms with Gasteiger partial charge >= 0.3 is 0 Å². The van der Waals surface area contributed by atoms with Crippen LogP contribution in [0.5, 0.6) is 11.5 Å². The Bertz CT molecular complexity index is 1400. The monoisotopic (exact) mass is 460 g/mol. The van der Waals surface area contributed by atoms with Crippen molar-refractivity contribution in [2.45, 2.75) is 12.1 Å². The number of nitrogens with zero attached hydrogens (tertiary/aromatic N) is 3. The van der Waals surface area contributed by atoms with Gasteiger partial charge < -0.3 is 14.8 Å². The second-order valence-corrected chi connectivity index (χ2v) is 8.26. The van der Waals surface area contributed by atoms with E-state index in [9.17, 15) is 0 Å². The van der Waals surface area contributed by atoms with E-state index in [0.717, 1.165) is 28.1 Å². The number of benzene rings is 3. The zero-order valence-electron chi connectivity index (χ0n) is 17.5. The molecule has 1 aromatic heterocycles. The van der Waals surface area contributed by atoms with Crippen LogP contribution in [0, 0.1) is 5.82 Å². The normalized spacial score (nSPS) is 18.5. The molecule has 0 saturated carbocycles. The molecule has 2 aliphatic rings. The van der Waals surface area contributed by atoms with Crippen molar-refractivity contribution in [3.05, 3.63) is 106 Å². The van der Waals surface area contributed by atoms with Crippen LogP contribution < -0.4 is 14.8 Å². The second kappa shape index (κ2) is 7.64. The summed E-state index contributed by atoms with van der Waals surface area (Å²) < 4.78 is 28.6. The highest BCUT2D eigenvalue weighted by Crippen LogP contribution is 2.51. The van der Waals surface area contributed by atoms with Crippen LogP contribution in [0.25, 0.3) is 5.70 Å². The molecule has 3 aromatic carbocycles. The van der Waals surface area contributed by atoms with E-state index in [0.29, 0.717) is 22.3 Å². The SMILES string of the molecule is COc1ccc(C2C3=C(Nc4ncnn42)c2cc(Cl)ccc2OC3c2ccccc2F)cc1. The topological polar surface area (TPSA) is 61.2 Å². The molecule has 0 amide bonds. The van der Waals surface area contributed by atoms with E-state index in [1.54, 1.807) is 42.1 Å². The number of fused-ring (bicyclic) bond motifs is 3. The minimum absolute atomic E-state index is 0.343. The van der Waals surface area contributed by atoms with Gasteiger partial charge in [0.15, 0.2) is 6.10 Å². The number of halogens is 2. The van der Waals surface area contributed by atoms with Crippen LogP contribution in [0.4, 0.5) is 10.3 Å². The van der Waals surface area contributed by atoms with E-state index >= 15 is 4.39 Å². The lowest BCUT2D eigenvalue weighted by Crippen LogP contribution is -2.32. The third-order valence-electron chi connectivity index (χ3n) is 6.00. The van der Waals surface area contributed by atoms with Gasteiger partial charge in [0.2, 0.25) is 5.95 Å². The van der Waals surface area contributed by atoms with Crippen molar-refractivity contribution in [1.29, 1.82) is 0 Å². The van der Waals surface area contributed by atoms with E-state index in [4.69, 9.17) is 21.1 Å². The van der Waals surface area contributed by atoms with Gasteiger partial charge in [-0.25, -0.2) is 9.07 Å². The lowest BCUT2D eigenvalue weighted by atomic mass is 9.84.